The number of ether oxygens (including phenoxy) is 3. The van der Waals surface area contributed by atoms with Gasteiger partial charge in [-0.15, -0.1) is 0 Å². The van der Waals surface area contributed by atoms with Gasteiger partial charge in [0.2, 0.25) is 5.75 Å². The number of hydrogen-bond acceptors (Lipinski definition) is 4. The first-order valence-electron chi connectivity index (χ1n) is 5.22. The molecule has 0 spiro atoms. The van der Waals surface area contributed by atoms with Crippen LogP contribution in [0.1, 0.15) is 23.7 Å². The van der Waals surface area contributed by atoms with E-state index in [4.69, 9.17) is 25.8 Å². The molecule has 0 N–H and O–H groups in total. The highest BCUT2D eigenvalue weighted by Gasteiger charge is 2.16. The second-order valence-corrected chi connectivity index (χ2v) is 3.68. The smallest absolute Gasteiger partial charge is 0.252 e. The van der Waals surface area contributed by atoms with Gasteiger partial charge in [-0.25, -0.2) is 0 Å². The lowest BCUT2D eigenvalue weighted by atomic mass is 10.2. The lowest BCUT2D eigenvalue weighted by Gasteiger charge is -2.14. The summed E-state index contributed by atoms with van der Waals surface area (Å²) in [6.45, 7) is 2.54. The summed E-state index contributed by atoms with van der Waals surface area (Å²) in [6, 6.07) is 3.06. The van der Waals surface area contributed by atoms with Crippen molar-refractivity contribution in [2.45, 2.75) is 13.3 Å². The van der Waals surface area contributed by atoms with Crippen LogP contribution in [0, 0.1) is 0 Å². The summed E-state index contributed by atoms with van der Waals surface area (Å²) in [6.07, 6.45) is 0.864. The van der Waals surface area contributed by atoms with Crippen LogP contribution >= 0.6 is 11.6 Å². The Labute approximate surface area is 105 Å². The first kappa shape index (κ1) is 13.6. The molecule has 1 aromatic rings. The molecule has 0 radical (unpaired) electrons. The maximum absolute atomic E-state index is 11.1. The highest BCUT2D eigenvalue weighted by atomic mass is 35.5. The van der Waals surface area contributed by atoms with E-state index in [1.54, 1.807) is 0 Å². The van der Waals surface area contributed by atoms with Gasteiger partial charge in [-0.2, -0.15) is 0 Å². The molecule has 0 bridgehead atoms. The van der Waals surface area contributed by atoms with Gasteiger partial charge in [-0.1, -0.05) is 6.92 Å². The van der Waals surface area contributed by atoms with Crippen LogP contribution in [0.25, 0.3) is 0 Å². The minimum atomic E-state index is -0.566. The molecule has 0 heterocycles. The summed E-state index contributed by atoms with van der Waals surface area (Å²) >= 11 is 5.43. The molecular weight excluding hydrogens is 244 g/mol. The van der Waals surface area contributed by atoms with Crippen molar-refractivity contribution in [2.75, 3.05) is 20.8 Å². The Balaban J connectivity index is 3.21. The average Bonchev–Trinajstić information content (AvgIpc) is 2.34. The minimum absolute atomic E-state index is 0.309. The summed E-state index contributed by atoms with van der Waals surface area (Å²) in [7, 11) is 2.99. The minimum Gasteiger partial charge on any atom is -0.493 e. The number of benzene rings is 1. The Kier molecular flexibility index (Phi) is 5.10. The second kappa shape index (κ2) is 6.35. The lowest BCUT2D eigenvalue weighted by Crippen LogP contribution is -2.02. The number of carbonyl (C=O) groups is 1. The van der Waals surface area contributed by atoms with Gasteiger partial charge in [0.1, 0.15) is 0 Å². The molecule has 1 rings (SSSR count). The zero-order valence-electron chi connectivity index (χ0n) is 10.1. The quantitative estimate of drug-likeness (QED) is 0.736. The highest BCUT2D eigenvalue weighted by Crippen LogP contribution is 2.38. The van der Waals surface area contributed by atoms with Gasteiger partial charge in [-0.05, 0) is 30.2 Å². The van der Waals surface area contributed by atoms with E-state index in [1.165, 1.54) is 26.4 Å². The zero-order valence-corrected chi connectivity index (χ0v) is 10.8. The Morgan fingerprint density at radius 1 is 1.24 bits per heavy atom. The Morgan fingerprint density at radius 2 is 1.76 bits per heavy atom. The summed E-state index contributed by atoms with van der Waals surface area (Å²) in [5, 5.41) is -0.566. The molecule has 0 unspecified atom stereocenters. The van der Waals surface area contributed by atoms with E-state index in [9.17, 15) is 4.79 Å². The highest BCUT2D eigenvalue weighted by molar-refractivity contribution is 6.67. The number of halogens is 1. The summed E-state index contributed by atoms with van der Waals surface area (Å²) in [4.78, 5) is 11.1. The Bertz CT molecular complexity index is 378. The molecule has 0 fully saturated rings. The van der Waals surface area contributed by atoms with Gasteiger partial charge >= 0.3 is 0 Å². The maximum Gasteiger partial charge on any atom is 0.252 e. The van der Waals surface area contributed by atoms with E-state index >= 15 is 0 Å². The molecule has 0 aliphatic rings. The van der Waals surface area contributed by atoms with Gasteiger partial charge in [0.05, 0.1) is 20.8 Å². The van der Waals surface area contributed by atoms with Crippen molar-refractivity contribution in [3.05, 3.63) is 17.7 Å². The largest absolute Gasteiger partial charge is 0.493 e. The summed E-state index contributed by atoms with van der Waals surface area (Å²) < 4.78 is 15.8. The third-order valence-electron chi connectivity index (χ3n) is 2.14. The first-order valence-corrected chi connectivity index (χ1v) is 5.60. The normalized spacial score (nSPS) is 9.88. The number of rotatable bonds is 6. The maximum atomic E-state index is 11.1. The van der Waals surface area contributed by atoms with Crippen molar-refractivity contribution in [2.24, 2.45) is 0 Å². The topological polar surface area (TPSA) is 44.8 Å². The van der Waals surface area contributed by atoms with Crippen LogP contribution < -0.4 is 14.2 Å². The zero-order chi connectivity index (χ0) is 12.8. The van der Waals surface area contributed by atoms with Crippen LogP contribution in [-0.2, 0) is 0 Å². The van der Waals surface area contributed by atoms with Crippen LogP contribution in [0.5, 0.6) is 17.2 Å². The van der Waals surface area contributed by atoms with Crippen LogP contribution in [0.15, 0.2) is 12.1 Å². The molecule has 17 heavy (non-hydrogen) atoms. The molecule has 94 valence electrons. The Hall–Kier alpha value is -1.42. The lowest BCUT2D eigenvalue weighted by molar-refractivity contribution is 0.108. The fraction of sp³-hybridized carbons (Fsp3) is 0.417. The number of carbonyl (C=O) groups excluding carboxylic acids is 1. The van der Waals surface area contributed by atoms with E-state index in [0.29, 0.717) is 29.4 Å². The van der Waals surface area contributed by atoms with E-state index in [0.717, 1.165) is 6.42 Å². The van der Waals surface area contributed by atoms with Crippen molar-refractivity contribution < 1.29 is 19.0 Å². The molecule has 0 amide bonds. The molecule has 0 aromatic heterocycles. The van der Waals surface area contributed by atoms with Crippen molar-refractivity contribution in [1.29, 1.82) is 0 Å². The van der Waals surface area contributed by atoms with E-state index < -0.39 is 5.24 Å². The predicted molar refractivity (Wildman–Crippen MR) is 65.5 cm³/mol. The van der Waals surface area contributed by atoms with E-state index in [1.807, 2.05) is 6.92 Å². The number of methoxy groups -OCH3 is 2. The summed E-state index contributed by atoms with van der Waals surface area (Å²) in [5.41, 5.74) is 0.309. The standard InChI is InChI=1S/C12H15ClO4/c1-4-5-17-11-9(15-2)6-8(12(13)14)7-10(11)16-3/h6-7H,4-5H2,1-3H3. The monoisotopic (exact) mass is 258 g/mol. The van der Waals surface area contributed by atoms with Gasteiger partial charge < -0.3 is 14.2 Å². The fourth-order valence-electron chi connectivity index (χ4n) is 1.34. The van der Waals surface area contributed by atoms with Crippen LogP contribution in [0.3, 0.4) is 0 Å². The number of hydrogen-bond donors (Lipinski definition) is 0. The summed E-state index contributed by atoms with van der Waals surface area (Å²) in [5.74, 6) is 1.35. The van der Waals surface area contributed by atoms with Gasteiger partial charge in [0.25, 0.3) is 5.24 Å². The van der Waals surface area contributed by atoms with Crippen molar-refractivity contribution in [1.82, 2.24) is 0 Å². The molecule has 0 aliphatic heterocycles. The SMILES string of the molecule is CCCOc1c(OC)cc(C(=O)Cl)cc1OC. The fourth-order valence-corrected chi connectivity index (χ4v) is 1.45. The average molecular weight is 259 g/mol. The molecule has 5 heteroatoms. The van der Waals surface area contributed by atoms with Crippen molar-refractivity contribution in [3.8, 4) is 17.2 Å². The van der Waals surface area contributed by atoms with Crippen LogP contribution in [-0.4, -0.2) is 26.1 Å². The van der Waals surface area contributed by atoms with Gasteiger partial charge in [0.15, 0.2) is 11.5 Å². The molecule has 0 saturated carbocycles. The molecule has 4 nitrogen and oxygen atoms in total. The van der Waals surface area contributed by atoms with Crippen LogP contribution in [0.4, 0.5) is 0 Å². The van der Waals surface area contributed by atoms with Crippen molar-refractivity contribution >= 4 is 16.8 Å². The predicted octanol–water partition coefficient (Wildman–Crippen LogP) is 2.87. The third-order valence-corrected chi connectivity index (χ3v) is 2.36. The Morgan fingerprint density at radius 3 is 2.12 bits per heavy atom. The molecule has 0 atom stereocenters. The van der Waals surface area contributed by atoms with E-state index in [-0.39, 0.29) is 0 Å². The molecule has 1 aromatic carbocycles. The van der Waals surface area contributed by atoms with Crippen LogP contribution in [0.2, 0.25) is 0 Å². The van der Waals surface area contributed by atoms with E-state index in [2.05, 4.69) is 0 Å². The first-order chi connectivity index (χ1) is 8.13. The van der Waals surface area contributed by atoms with Crippen molar-refractivity contribution in [3.63, 3.8) is 0 Å². The molecular formula is C12H15ClO4. The van der Waals surface area contributed by atoms with Gasteiger partial charge in [0, 0.05) is 5.56 Å². The third kappa shape index (κ3) is 3.27. The van der Waals surface area contributed by atoms with Gasteiger partial charge in [-0.3, -0.25) is 4.79 Å². The molecule has 0 saturated heterocycles. The molecule has 0 aliphatic carbocycles. The second-order valence-electron chi connectivity index (χ2n) is 3.33.